The predicted octanol–water partition coefficient (Wildman–Crippen LogP) is 3.16. The third kappa shape index (κ3) is 3.48. The van der Waals surface area contributed by atoms with Crippen molar-refractivity contribution >= 4 is 0 Å². The van der Waals surface area contributed by atoms with Crippen LogP contribution in [0.5, 0.6) is 11.5 Å². The topological polar surface area (TPSA) is 44.5 Å². The molecule has 2 aromatic carbocycles. The van der Waals surface area contributed by atoms with Crippen LogP contribution in [0, 0.1) is 0 Å². The van der Waals surface area contributed by atoms with E-state index < -0.39 is 0 Å². The van der Waals surface area contributed by atoms with E-state index in [9.17, 15) is 0 Å². The average Bonchev–Trinajstić information content (AvgIpc) is 2.46. The second-order valence-electron chi connectivity index (χ2n) is 4.48. The third-order valence-electron chi connectivity index (χ3n) is 2.93. The number of methoxy groups -OCH3 is 1. The molecule has 0 aliphatic heterocycles. The molecular weight excluding hydrogens is 238 g/mol. The second-order valence-corrected chi connectivity index (χ2v) is 4.48. The minimum atomic E-state index is -0.158. The summed E-state index contributed by atoms with van der Waals surface area (Å²) in [4.78, 5) is 0. The number of benzene rings is 2. The number of ether oxygens (including phenoxy) is 2. The summed E-state index contributed by atoms with van der Waals surface area (Å²) in [5.74, 6) is 1.59. The minimum absolute atomic E-state index is 0.0931. The summed E-state index contributed by atoms with van der Waals surface area (Å²) >= 11 is 0. The van der Waals surface area contributed by atoms with E-state index in [1.54, 1.807) is 7.11 Å². The monoisotopic (exact) mass is 257 g/mol. The van der Waals surface area contributed by atoms with Crippen LogP contribution in [0.25, 0.3) is 0 Å². The van der Waals surface area contributed by atoms with Crippen molar-refractivity contribution in [1.29, 1.82) is 0 Å². The molecule has 0 spiro atoms. The van der Waals surface area contributed by atoms with Gasteiger partial charge in [-0.1, -0.05) is 30.3 Å². The van der Waals surface area contributed by atoms with Crippen molar-refractivity contribution in [3.63, 3.8) is 0 Å². The molecular formula is C16H19NO2. The SMILES string of the molecule is COc1ccc(OC(c2ccccc2)C(C)N)cc1. The van der Waals surface area contributed by atoms with Crippen molar-refractivity contribution in [3.05, 3.63) is 60.2 Å². The standard InChI is InChI=1S/C16H19NO2/c1-12(17)16(13-6-4-3-5-7-13)19-15-10-8-14(18-2)9-11-15/h3-12,16H,17H2,1-2H3. The Bertz CT molecular complexity index is 494. The van der Waals surface area contributed by atoms with Crippen molar-refractivity contribution in [3.8, 4) is 11.5 Å². The molecule has 0 amide bonds. The van der Waals surface area contributed by atoms with Crippen molar-refractivity contribution in [1.82, 2.24) is 0 Å². The number of rotatable bonds is 5. The lowest BCUT2D eigenvalue weighted by Gasteiger charge is -2.23. The highest BCUT2D eigenvalue weighted by Crippen LogP contribution is 2.25. The van der Waals surface area contributed by atoms with Gasteiger partial charge in [-0.25, -0.2) is 0 Å². The quantitative estimate of drug-likeness (QED) is 0.894. The van der Waals surface area contributed by atoms with Crippen LogP contribution in [0.3, 0.4) is 0 Å². The van der Waals surface area contributed by atoms with Crippen LogP contribution in [-0.2, 0) is 0 Å². The lowest BCUT2D eigenvalue weighted by molar-refractivity contribution is 0.180. The molecule has 2 atom stereocenters. The van der Waals surface area contributed by atoms with Crippen LogP contribution in [-0.4, -0.2) is 13.2 Å². The van der Waals surface area contributed by atoms with Crippen molar-refractivity contribution < 1.29 is 9.47 Å². The van der Waals surface area contributed by atoms with Gasteiger partial charge in [-0.15, -0.1) is 0 Å². The molecule has 100 valence electrons. The van der Waals surface area contributed by atoms with Gasteiger partial charge in [0.25, 0.3) is 0 Å². The molecule has 0 aromatic heterocycles. The maximum atomic E-state index is 6.02. The molecule has 2 rings (SSSR count). The summed E-state index contributed by atoms with van der Waals surface area (Å²) in [6.45, 7) is 1.95. The molecule has 0 saturated carbocycles. The highest BCUT2D eigenvalue weighted by atomic mass is 16.5. The minimum Gasteiger partial charge on any atom is -0.497 e. The first-order valence-corrected chi connectivity index (χ1v) is 6.32. The van der Waals surface area contributed by atoms with Crippen LogP contribution in [0.15, 0.2) is 54.6 Å². The van der Waals surface area contributed by atoms with Gasteiger partial charge in [0, 0.05) is 6.04 Å². The first kappa shape index (κ1) is 13.4. The van der Waals surface area contributed by atoms with Crippen molar-refractivity contribution in [2.75, 3.05) is 7.11 Å². The maximum Gasteiger partial charge on any atom is 0.138 e. The largest absolute Gasteiger partial charge is 0.497 e. The average molecular weight is 257 g/mol. The van der Waals surface area contributed by atoms with Gasteiger partial charge >= 0.3 is 0 Å². The molecule has 0 aliphatic rings. The number of hydrogen-bond acceptors (Lipinski definition) is 3. The van der Waals surface area contributed by atoms with E-state index in [2.05, 4.69) is 0 Å². The first-order valence-electron chi connectivity index (χ1n) is 6.32. The molecule has 0 fully saturated rings. The summed E-state index contributed by atoms with van der Waals surface area (Å²) < 4.78 is 11.1. The Morgan fingerprint density at radius 2 is 1.47 bits per heavy atom. The van der Waals surface area contributed by atoms with Gasteiger partial charge < -0.3 is 15.2 Å². The number of nitrogens with two attached hydrogens (primary N) is 1. The van der Waals surface area contributed by atoms with Crippen LogP contribution >= 0.6 is 0 Å². The van der Waals surface area contributed by atoms with Crippen molar-refractivity contribution in [2.45, 2.75) is 19.1 Å². The van der Waals surface area contributed by atoms with E-state index in [0.29, 0.717) is 0 Å². The van der Waals surface area contributed by atoms with E-state index >= 15 is 0 Å². The highest BCUT2D eigenvalue weighted by molar-refractivity contribution is 5.32. The summed E-state index contributed by atoms with van der Waals surface area (Å²) in [6, 6.07) is 17.4. The molecule has 0 bridgehead atoms. The zero-order valence-corrected chi connectivity index (χ0v) is 11.2. The zero-order valence-electron chi connectivity index (χ0n) is 11.2. The van der Waals surface area contributed by atoms with E-state index in [0.717, 1.165) is 17.1 Å². The van der Waals surface area contributed by atoms with Crippen LogP contribution in [0.1, 0.15) is 18.6 Å². The zero-order chi connectivity index (χ0) is 13.7. The molecule has 19 heavy (non-hydrogen) atoms. The van der Waals surface area contributed by atoms with Gasteiger partial charge in [0.15, 0.2) is 0 Å². The van der Waals surface area contributed by atoms with E-state index in [-0.39, 0.29) is 12.1 Å². The van der Waals surface area contributed by atoms with E-state index in [4.69, 9.17) is 15.2 Å². The Balaban J connectivity index is 2.17. The van der Waals surface area contributed by atoms with Gasteiger partial charge in [0.1, 0.15) is 17.6 Å². The third-order valence-corrected chi connectivity index (χ3v) is 2.93. The lowest BCUT2D eigenvalue weighted by atomic mass is 10.0. The van der Waals surface area contributed by atoms with Gasteiger partial charge in [-0.05, 0) is 36.8 Å². The highest BCUT2D eigenvalue weighted by Gasteiger charge is 2.17. The fraction of sp³-hybridized carbons (Fsp3) is 0.250. The Morgan fingerprint density at radius 1 is 0.895 bits per heavy atom. The normalized spacial score (nSPS) is 13.6. The second kappa shape index (κ2) is 6.25. The van der Waals surface area contributed by atoms with E-state index in [1.807, 2.05) is 61.5 Å². The molecule has 2 N–H and O–H groups in total. The fourth-order valence-electron chi connectivity index (χ4n) is 1.92. The summed E-state index contributed by atoms with van der Waals surface area (Å²) in [7, 11) is 1.64. The Hall–Kier alpha value is -2.00. The predicted molar refractivity (Wildman–Crippen MR) is 76.5 cm³/mol. The van der Waals surface area contributed by atoms with Crippen LogP contribution in [0.4, 0.5) is 0 Å². The van der Waals surface area contributed by atoms with Crippen LogP contribution < -0.4 is 15.2 Å². The molecule has 3 heteroatoms. The summed E-state index contributed by atoms with van der Waals surface area (Å²) in [6.07, 6.45) is -0.158. The number of hydrogen-bond donors (Lipinski definition) is 1. The Kier molecular flexibility index (Phi) is 4.42. The van der Waals surface area contributed by atoms with Gasteiger partial charge in [-0.2, -0.15) is 0 Å². The summed E-state index contributed by atoms with van der Waals surface area (Å²) in [5, 5.41) is 0. The van der Waals surface area contributed by atoms with Crippen LogP contribution in [0.2, 0.25) is 0 Å². The van der Waals surface area contributed by atoms with Gasteiger partial charge in [0.05, 0.1) is 7.11 Å². The molecule has 0 aliphatic carbocycles. The smallest absolute Gasteiger partial charge is 0.138 e. The molecule has 0 heterocycles. The van der Waals surface area contributed by atoms with Crippen molar-refractivity contribution in [2.24, 2.45) is 5.73 Å². The summed E-state index contributed by atoms with van der Waals surface area (Å²) in [5.41, 5.74) is 7.10. The maximum absolute atomic E-state index is 6.02. The Labute approximate surface area is 114 Å². The Morgan fingerprint density at radius 3 is 2.00 bits per heavy atom. The van der Waals surface area contributed by atoms with E-state index in [1.165, 1.54) is 0 Å². The molecule has 0 radical (unpaired) electrons. The molecule has 2 aromatic rings. The van der Waals surface area contributed by atoms with Gasteiger partial charge in [0.2, 0.25) is 0 Å². The van der Waals surface area contributed by atoms with Gasteiger partial charge in [-0.3, -0.25) is 0 Å². The first-order chi connectivity index (χ1) is 9.20. The fourth-order valence-corrected chi connectivity index (χ4v) is 1.92. The molecule has 0 saturated heterocycles. The molecule has 2 unspecified atom stereocenters. The lowest BCUT2D eigenvalue weighted by Crippen LogP contribution is -2.29. The molecule has 3 nitrogen and oxygen atoms in total.